The first kappa shape index (κ1) is 23.8. The summed E-state index contributed by atoms with van der Waals surface area (Å²) in [5.74, 6) is 0.330. The fourth-order valence-corrected chi connectivity index (χ4v) is 5.04. The number of rotatable bonds is 9. The Balaban J connectivity index is 1.59. The molecule has 7 nitrogen and oxygen atoms in total. The van der Waals surface area contributed by atoms with Crippen LogP contribution in [0.3, 0.4) is 0 Å². The van der Waals surface area contributed by atoms with Gasteiger partial charge in [0.25, 0.3) is 0 Å². The zero-order valence-corrected chi connectivity index (χ0v) is 19.6. The van der Waals surface area contributed by atoms with Crippen LogP contribution < -0.4 is 8.92 Å². The molecule has 1 aliphatic carbocycles. The minimum Gasteiger partial charge on any atom is -0.493 e. The van der Waals surface area contributed by atoms with E-state index < -0.39 is 15.9 Å². The Bertz CT molecular complexity index is 1220. The highest BCUT2D eigenvalue weighted by molar-refractivity contribution is 7.87. The van der Waals surface area contributed by atoms with Crippen LogP contribution in [0.5, 0.6) is 11.5 Å². The Morgan fingerprint density at radius 2 is 1.79 bits per heavy atom. The minimum absolute atomic E-state index is 0.0180. The van der Waals surface area contributed by atoms with Crippen molar-refractivity contribution in [2.75, 3.05) is 7.11 Å². The highest BCUT2D eigenvalue weighted by atomic mass is 32.2. The minimum atomic E-state index is -4.22. The van der Waals surface area contributed by atoms with Crippen molar-refractivity contribution in [3.63, 3.8) is 0 Å². The fraction of sp³-hybridized carbons (Fsp3) is 0.320. The molecule has 0 atom stereocenters. The molecule has 0 unspecified atom stereocenters. The monoisotopic (exact) mass is 487 g/mol. The summed E-state index contributed by atoms with van der Waals surface area (Å²) in [7, 11) is -2.82. The number of hydrogen-bond donors (Lipinski definition) is 0. The summed E-state index contributed by atoms with van der Waals surface area (Å²) in [6, 6.07) is 12.8. The number of halogens is 1. The van der Waals surface area contributed by atoms with Gasteiger partial charge in [0.05, 0.1) is 19.9 Å². The summed E-state index contributed by atoms with van der Waals surface area (Å²) in [6.07, 6.45) is 5.35. The average Bonchev–Trinajstić information content (AvgIpc) is 3.53. The summed E-state index contributed by atoms with van der Waals surface area (Å²) in [4.78, 5) is 14.8. The van der Waals surface area contributed by atoms with Crippen LogP contribution in [0.2, 0.25) is 0 Å². The summed E-state index contributed by atoms with van der Waals surface area (Å²) in [5, 5.41) is 0. The lowest BCUT2D eigenvalue weighted by Crippen LogP contribution is -2.34. The number of nitrogens with zero attached hydrogens (tertiary/aromatic N) is 1. The molecule has 180 valence electrons. The van der Waals surface area contributed by atoms with Gasteiger partial charge in [-0.1, -0.05) is 18.9 Å². The molecule has 34 heavy (non-hydrogen) atoms. The van der Waals surface area contributed by atoms with Crippen molar-refractivity contribution in [3.8, 4) is 11.5 Å². The van der Waals surface area contributed by atoms with Crippen LogP contribution >= 0.6 is 0 Å². The van der Waals surface area contributed by atoms with Crippen LogP contribution in [-0.2, 0) is 28.0 Å². The van der Waals surface area contributed by atoms with Crippen LogP contribution in [0.25, 0.3) is 0 Å². The van der Waals surface area contributed by atoms with Crippen molar-refractivity contribution in [3.05, 3.63) is 78.0 Å². The van der Waals surface area contributed by atoms with Gasteiger partial charge in [-0.05, 0) is 66.9 Å². The van der Waals surface area contributed by atoms with Crippen molar-refractivity contribution < 1.29 is 30.9 Å². The molecule has 1 aromatic heterocycles. The molecule has 1 amide bonds. The molecule has 0 N–H and O–H groups in total. The molecule has 3 aromatic rings. The molecule has 0 bridgehead atoms. The highest BCUT2D eigenvalue weighted by Gasteiger charge is 2.28. The van der Waals surface area contributed by atoms with E-state index >= 15 is 0 Å². The Hall–Kier alpha value is -3.33. The van der Waals surface area contributed by atoms with Crippen LogP contribution in [0.15, 0.2) is 70.2 Å². The number of methoxy groups -OCH3 is 1. The largest absolute Gasteiger partial charge is 0.493 e. The SMILES string of the molecule is COc1ccc(CN(Cc2ccco2)C(=O)C2CCCC2)cc1OS(=O)(=O)c1ccc(F)cc1. The standard InChI is InChI=1S/C25H26FNO6S/c1-31-23-13-8-18(15-24(23)33-34(29,30)22-11-9-20(26)10-12-22)16-27(17-21-7-4-14-32-21)25(28)19-5-2-3-6-19/h4,7-15,19H,2-3,5-6,16-17H2,1H3. The number of hydrogen-bond acceptors (Lipinski definition) is 6. The summed E-state index contributed by atoms with van der Waals surface area (Å²) in [5.41, 5.74) is 0.669. The lowest BCUT2D eigenvalue weighted by molar-refractivity contribution is -0.136. The van der Waals surface area contributed by atoms with Gasteiger partial charge in [0, 0.05) is 12.5 Å². The van der Waals surface area contributed by atoms with Gasteiger partial charge in [-0.25, -0.2) is 4.39 Å². The van der Waals surface area contributed by atoms with E-state index in [1.54, 1.807) is 29.4 Å². The molecular formula is C25H26FNO6S. The molecule has 4 rings (SSSR count). The molecule has 0 saturated heterocycles. The first-order valence-electron chi connectivity index (χ1n) is 11.0. The van der Waals surface area contributed by atoms with Crippen molar-refractivity contribution in [1.82, 2.24) is 4.90 Å². The van der Waals surface area contributed by atoms with Crippen molar-refractivity contribution in [2.45, 2.75) is 43.7 Å². The van der Waals surface area contributed by atoms with E-state index in [9.17, 15) is 17.6 Å². The maximum atomic E-state index is 13.2. The van der Waals surface area contributed by atoms with Crippen molar-refractivity contribution in [1.29, 1.82) is 0 Å². The van der Waals surface area contributed by atoms with E-state index in [-0.39, 0.29) is 34.8 Å². The maximum absolute atomic E-state index is 13.2. The normalized spacial score (nSPS) is 14.2. The summed E-state index contributed by atoms with van der Waals surface area (Å²) < 4.78 is 54.7. The molecular weight excluding hydrogens is 461 g/mol. The number of benzene rings is 2. The van der Waals surface area contributed by atoms with Gasteiger partial charge in [0.2, 0.25) is 5.91 Å². The number of carbonyl (C=O) groups is 1. The first-order chi connectivity index (χ1) is 16.4. The van der Waals surface area contributed by atoms with Crippen molar-refractivity contribution in [2.24, 2.45) is 5.92 Å². The molecule has 1 heterocycles. The topological polar surface area (TPSA) is 86.0 Å². The molecule has 1 fully saturated rings. The molecule has 0 aliphatic heterocycles. The number of ether oxygens (including phenoxy) is 1. The number of carbonyl (C=O) groups excluding carboxylic acids is 1. The van der Waals surface area contributed by atoms with Crippen LogP contribution in [0.4, 0.5) is 4.39 Å². The Morgan fingerprint density at radius 3 is 2.44 bits per heavy atom. The fourth-order valence-electron chi connectivity index (χ4n) is 4.11. The van der Waals surface area contributed by atoms with E-state index in [2.05, 4.69) is 0 Å². The van der Waals surface area contributed by atoms with Gasteiger partial charge in [-0.3, -0.25) is 4.79 Å². The highest BCUT2D eigenvalue weighted by Crippen LogP contribution is 2.33. The quantitative estimate of drug-likeness (QED) is 0.399. The molecule has 1 aliphatic rings. The summed E-state index contributed by atoms with van der Waals surface area (Å²) >= 11 is 0. The molecule has 2 aromatic carbocycles. The first-order valence-corrected chi connectivity index (χ1v) is 12.4. The van der Waals surface area contributed by atoms with E-state index in [1.165, 1.54) is 13.2 Å². The predicted molar refractivity (Wildman–Crippen MR) is 122 cm³/mol. The van der Waals surface area contributed by atoms with E-state index in [1.807, 2.05) is 6.07 Å². The predicted octanol–water partition coefficient (Wildman–Crippen LogP) is 4.91. The molecule has 9 heteroatoms. The van der Waals surface area contributed by atoms with Gasteiger partial charge in [-0.15, -0.1) is 0 Å². The van der Waals surface area contributed by atoms with Gasteiger partial charge >= 0.3 is 10.1 Å². The van der Waals surface area contributed by atoms with Gasteiger partial charge in [-0.2, -0.15) is 8.42 Å². The Kier molecular flexibility index (Phi) is 7.21. The van der Waals surface area contributed by atoms with E-state index in [0.717, 1.165) is 49.9 Å². The van der Waals surface area contributed by atoms with E-state index in [0.29, 0.717) is 17.9 Å². The second kappa shape index (κ2) is 10.3. The van der Waals surface area contributed by atoms with Gasteiger partial charge in [0.1, 0.15) is 16.5 Å². The van der Waals surface area contributed by atoms with Crippen LogP contribution in [0, 0.1) is 11.7 Å². The zero-order chi connectivity index (χ0) is 24.1. The number of amides is 1. The second-order valence-electron chi connectivity index (χ2n) is 8.23. The Labute approximate surface area is 198 Å². The van der Waals surface area contributed by atoms with E-state index in [4.69, 9.17) is 13.3 Å². The smallest absolute Gasteiger partial charge is 0.339 e. The lowest BCUT2D eigenvalue weighted by Gasteiger charge is -2.25. The van der Waals surface area contributed by atoms with Gasteiger partial charge in [0.15, 0.2) is 11.5 Å². The second-order valence-corrected chi connectivity index (χ2v) is 9.78. The Morgan fingerprint density at radius 1 is 1.06 bits per heavy atom. The van der Waals surface area contributed by atoms with Crippen LogP contribution in [-0.4, -0.2) is 26.3 Å². The molecule has 1 saturated carbocycles. The molecule has 0 radical (unpaired) electrons. The third-order valence-electron chi connectivity index (χ3n) is 5.85. The third-order valence-corrected chi connectivity index (χ3v) is 7.09. The molecule has 0 spiro atoms. The van der Waals surface area contributed by atoms with Crippen molar-refractivity contribution >= 4 is 16.0 Å². The zero-order valence-electron chi connectivity index (χ0n) is 18.8. The van der Waals surface area contributed by atoms with Gasteiger partial charge < -0.3 is 18.2 Å². The third kappa shape index (κ3) is 5.59. The number of furan rings is 1. The maximum Gasteiger partial charge on any atom is 0.339 e. The lowest BCUT2D eigenvalue weighted by atomic mass is 10.1. The van der Waals surface area contributed by atoms with Crippen LogP contribution in [0.1, 0.15) is 37.0 Å². The average molecular weight is 488 g/mol. The summed E-state index contributed by atoms with van der Waals surface area (Å²) in [6.45, 7) is 0.547.